The van der Waals surface area contributed by atoms with Gasteiger partial charge in [0, 0.05) is 37.9 Å². The topological polar surface area (TPSA) is 108 Å². The van der Waals surface area contributed by atoms with Crippen molar-refractivity contribution in [2.45, 2.75) is 13.3 Å². The average molecular weight is 429 g/mol. The Hall–Kier alpha value is -3.85. The van der Waals surface area contributed by atoms with Crippen molar-refractivity contribution in [3.8, 4) is 0 Å². The highest BCUT2D eigenvalue weighted by Crippen LogP contribution is 2.27. The number of hydrogen-bond acceptors (Lipinski definition) is 8. The van der Waals surface area contributed by atoms with E-state index in [1.807, 2.05) is 43.3 Å². The number of benzene rings is 1. The van der Waals surface area contributed by atoms with Gasteiger partial charge in [-0.05, 0) is 30.2 Å². The summed E-state index contributed by atoms with van der Waals surface area (Å²) in [6, 6.07) is 7.78. The van der Waals surface area contributed by atoms with Crippen LogP contribution in [0.3, 0.4) is 0 Å². The lowest BCUT2D eigenvalue weighted by atomic mass is 10.0. The van der Waals surface area contributed by atoms with Crippen molar-refractivity contribution in [2.75, 3.05) is 41.7 Å². The molecule has 1 amide bonds. The van der Waals surface area contributed by atoms with Crippen molar-refractivity contribution < 1.29 is 4.79 Å². The van der Waals surface area contributed by atoms with Gasteiger partial charge in [-0.3, -0.25) is 9.78 Å². The Balaban J connectivity index is 1.29. The molecular weight excluding hydrogens is 404 g/mol. The van der Waals surface area contributed by atoms with Crippen LogP contribution in [-0.4, -0.2) is 52.0 Å². The highest BCUT2D eigenvalue weighted by molar-refractivity contribution is 6.00. The van der Waals surface area contributed by atoms with Crippen LogP contribution in [0.5, 0.6) is 0 Å². The number of piperazine rings is 1. The van der Waals surface area contributed by atoms with Crippen molar-refractivity contribution in [1.82, 2.24) is 25.3 Å². The van der Waals surface area contributed by atoms with Crippen LogP contribution in [0.2, 0.25) is 0 Å². The Morgan fingerprint density at radius 3 is 2.75 bits per heavy atom. The zero-order valence-corrected chi connectivity index (χ0v) is 17.8. The highest BCUT2D eigenvalue weighted by Gasteiger charge is 2.19. The Morgan fingerprint density at radius 2 is 1.94 bits per heavy atom. The van der Waals surface area contributed by atoms with Crippen LogP contribution in [0.1, 0.15) is 22.6 Å². The first kappa shape index (κ1) is 20.1. The fraction of sp³-hybridized carbons (Fsp3) is 0.261. The van der Waals surface area contributed by atoms with Crippen molar-refractivity contribution >= 4 is 41.2 Å². The number of aromatic nitrogens is 4. The molecule has 3 aromatic rings. The van der Waals surface area contributed by atoms with Crippen LogP contribution >= 0.6 is 0 Å². The summed E-state index contributed by atoms with van der Waals surface area (Å²) in [7, 11) is 0. The third-order valence-electron chi connectivity index (χ3n) is 5.45. The number of aryl methyl sites for hydroxylation is 1. The largest absolute Gasteiger partial charge is 0.354 e. The van der Waals surface area contributed by atoms with Crippen LogP contribution in [0, 0.1) is 6.92 Å². The Kier molecular flexibility index (Phi) is 5.47. The fourth-order valence-electron chi connectivity index (χ4n) is 3.90. The predicted octanol–water partition coefficient (Wildman–Crippen LogP) is 2.39. The SMILES string of the molecule is Cc1nc(Nc2cnc(/C=C/c3cccc4c3CC(=O)N4)cn2)cc(N2CCNCC2)n1. The van der Waals surface area contributed by atoms with Crippen molar-refractivity contribution in [1.29, 1.82) is 0 Å². The minimum Gasteiger partial charge on any atom is -0.354 e. The molecule has 162 valence electrons. The second-order valence-electron chi connectivity index (χ2n) is 7.78. The van der Waals surface area contributed by atoms with E-state index in [0.717, 1.165) is 54.5 Å². The molecule has 2 aliphatic rings. The van der Waals surface area contributed by atoms with Gasteiger partial charge in [-0.25, -0.2) is 15.0 Å². The maximum Gasteiger partial charge on any atom is 0.228 e. The van der Waals surface area contributed by atoms with E-state index in [-0.39, 0.29) is 5.91 Å². The molecule has 0 radical (unpaired) electrons. The molecule has 0 unspecified atom stereocenters. The van der Waals surface area contributed by atoms with Gasteiger partial charge >= 0.3 is 0 Å². The number of rotatable bonds is 5. The van der Waals surface area contributed by atoms with E-state index in [2.05, 4.69) is 40.8 Å². The van der Waals surface area contributed by atoms with E-state index in [1.54, 1.807) is 12.4 Å². The lowest BCUT2D eigenvalue weighted by Gasteiger charge is -2.28. The number of nitrogens with one attached hydrogen (secondary N) is 3. The van der Waals surface area contributed by atoms with Gasteiger partial charge in [-0.1, -0.05) is 18.2 Å². The third kappa shape index (κ3) is 4.42. The van der Waals surface area contributed by atoms with E-state index in [1.165, 1.54) is 0 Å². The molecule has 3 N–H and O–H groups in total. The number of fused-ring (bicyclic) bond motifs is 1. The standard InChI is InChI=1S/C23H24N8O/c1-15-27-20(12-22(28-15)31-9-7-24-8-10-31)30-21-14-25-17(13-26-21)6-5-16-3-2-4-19-18(16)11-23(32)29-19/h2-6,12-14,24H,7-11H2,1H3,(H,29,32)(H,26,27,28,30)/b6-5+. The molecule has 4 heterocycles. The number of nitrogens with zero attached hydrogens (tertiary/aromatic N) is 5. The summed E-state index contributed by atoms with van der Waals surface area (Å²) in [5.41, 5.74) is 3.62. The molecule has 0 bridgehead atoms. The van der Waals surface area contributed by atoms with Crippen LogP contribution in [0.25, 0.3) is 12.2 Å². The zero-order valence-electron chi connectivity index (χ0n) is 17.8. The summed E-state index contributed by atoms with van der Waals surface area (Å²) in [4.78, 5) is 31.9. The average Bonchev–Trinajstić information content (AvgIpc) is 3.20. The predicted molar refractivity (Wildman–Crippen MR) is 125 cm³/mol. The van der Waals surface area contributed by atoms with Crippen LogP contribution < -0.4 is 20.9 Å². The van der Waals surface area contributed by atoms with E-state index < -0.39 is 0 Å². The van der Waals surface area contributed by atoms with E-state index in [0.29, 0.717) is 23.9 Å². The van der Waals surface area contributed by atoms with Gasteiger partial charge in [-0.2, -0.15) is 0 Å². The smallest absolute Gasteiger partial charge is 0.228 e. The number of hydrogen-bond donors (Lipinski definition) is 3. The van der Waals surface area contributed by atoms with Crippen molar-refractivity contribution in [3.63, 3.8) is 0 Å². The third-order valence-corrected chi connectivity index (χ3v) is 5.45. The minimum atomic E-state index is 0.0242. The van der Waals surface area contributed by atoms with Gasteiger partial charge in [0.1, 0.15) is 23.3 Å². The fourth-order valence-corrected chi connectivity index (χ4v) is 3.90. The van der Waals surface area contributed by atoms with Crippen LogP contribution in [-0.2, 0) is 11.2 Å². The van der Waals surface area contributed by atoms with E-state index in [4.69, 9.17) is 0 Å². The van der Waals surface area contributed by atoms with Crippen molar-refractivity contribution in [3.05, 3.63) is 59.3 Å². The molecule has 2 aliphatic heterocycles. The van der Waals surface area contributed by atoms with Gasteiger partial charge in [0.05, 0.1) is 24.5 Å². The molecule has 1 saturated heterocycles. The van der Waals surface area contributed by atoms with Gasteiger partial charge in [0.25, 0.3) is 0 Å². The van der Waals surface area contributed by atoms with Crippen LogP contribution in [0.15, 0.2) is 36.7 Å². The molecule has 0 spiro atoms. The molecular formula is C23H24N8O. The molecule has 5 rings (SSSR count). The molecule has 0 aliphatic carbocycles. The molecule has 0 saturated carbocycles. The first-order chi connectivity index (χ1) is 15.6. The van der Waals surface area contributed by atoms with Crippen molar-refractivity contribution in [2.24, 2.45) is 0 Å². The minimum absolute atomic E-state index is 0.0242. The molecule has 1 fully saturated rings. The highest BCUT2D eigenvalue weighted by atomic mass is 16.1. The Bertz CT molecular complexity index is 1170. The quantitative estimate of drug-likeness (QED) is 0.569. The summed E-state index contributed by atoms with van der Waals surface area (Å²) in [5, 5.41) is 9.45. The molecule has 0 atom stereocenters. The maximum absolute atomic E-state index is 11.7. The monoisotopic (exact) mass is 428 g/mol. The van der Waals surface area contributed by atoms with Gasteiger partial charge in [-0.15, -0.1) is 0 Å². The molecule has 1 aromatic carbocycles. The summed E-state index contributed by atoms with van der Waals surface area (Å²) in [6.45, 7) is 5.63. The molecule has 32 heavy (non-hydrogen) atoms. The Morgan fingerprint density at radius 1 is 1.06 bits per heavy atom. The van der Waals surface area contributed by atoms with E-state index >= 15 is 0 Å². The summed E-state index contributed by atoms with van der Waals surface area (Å²) in [6.07, 6.45) is 7.65. The van der Waals surface area contributed by atoms with Gasteiger partial charge in [0.15, 0.2) is 0 Å². The normalized spacial score (nSPS) is 15.7. The van der Waals surface area contributed by atoms with E-state index in [9.17, 15) is 4.79 Å². The lowest BCUT2D eigenvalue weighted by Crippen LogP contribution is -2.44. The molecule has 2 aromatic heterocycles. The Labute approximate surface area is 186 Å². The van der Waals surface area contributed by atoms with Crippen LogP contribution in [0.4, 0.5) is 23.1 Å². The maximum atomic E-state index is 11.7. The number of carbonyl (C=O) groups is 1. The molecule has 9 nitrogen and oxygen atoms in total. The second kappa shape index (κ2) is 8.72. The summed E-state index contributed by atoms with van der Waals surface area (Å²) in [5.74, 6) is 2.95. The van der Waals surface area contributed by atoms with Gasteiger partial charge < -0.3 is 20.9 Å². The second-order valence-corrected chi connectivity index (χ2v) is 7.78. The lowest BCUT2D eigenvalue weighted by molar-refractivity contribution is -0.115. The summed E-state index contributed by atoms with van der Waals surface area (Å²) < 4.78 is 0. The molecule has 9 heteroatoms. The first-order valence-corrected chi connectivity index (χ1v) is 10.6. The first-order valence-electron chi connectivity index (χ1n) is 10.6. The van der Waals surface area contributed by atoms with Gasteiger partial charge in [0.2, 0.25) is 5.91 Å². The number of carbonyl (C=O) groups excluding carboxylic acids is 1. The number of anilines is 4. The number of amides is 1. The zero-order chi connectivity index (χ0) is 21.9. The summed E-state index contributed by atoms with van der Waals surface area (Å²) >= 11 is 0.